The Bertz CT molecular complexity index is 3310. The van der Waals surface area contributed by atoms with E-state index in [1.165, 1.54) is 22.9 Å². The van der Waals surface area contributed by atoms with E-state index >= 15 is 0 Å². The average molecular weight is 717 g/mol. The molecule has 0 fully saturated rings. The van der Waals surface area contributed by atoms with Gasteiger partial charge in [-0.15, -0.1) is 11.3 Å². The first kappa shape index (κ1) is 29.8. The average Bonchev–Trinajstić information content (AvgIpc) is 3.94. The lowest BCUT2D eigenvalue weighted by atomic mass is 10.0. The fourth-order valence-corrected chi connectivity index (χ4v) is 9.68. The molecule has 12 aromatic rings. The molecule has 0 atom stereocenters. The van der Waals surface area contributed by atoms with E-state index in [4.69, 9.17) is 4.42 Å². The van der Waals surface area contributed by atoms with Crippen molar-refractivity contribution in [3.05, 3.63) is 169 Å². The summed E-state index contributed by atoms with van der Waals surface area (Å²) in [4.78, 5) is 0. The predicted molar refractivity (Wildman–Crippen MR) is 221 cm³/mol. The number of halogens is 2. The smallest absolute Gasteiger partial charge is 0.135 e. The van der Waals surface area contributed by atoms with Crippen LogP contribution in [0.2, 0.25) is 0 Å². The maximum Gasteiger partial charge on any atom is 0.135 e. The van der Waals surface area contributed by atoms with Crippen molar-refractivity contribution in [1.82, 2.24) is 9.13 Å². The number of benzene rings is 8. The fourth-order valence-electron chi connectivity index (χ4n) is 8.61. The van der Waals surface area contributed by atoms with Crippen LogP contribution in [0.4, 0.5) is 8.78 Å². The Labute approximate surface area is 310 Å². The van der Waals surface area contributed by atoms with Crippen LogP contribution in [-0.2, 0) is 0 Å². The van der Waals surface area contributed by atoms with Crippen molar-refractivity contribution in [2.75, 3.05) is 0 Å². The standard InChI is InChI=1S/C48H26F2N2OS/c49-29-11-17-45-37(23-29)38-25-31(13-18-46(38)53-45)51-41-7-3-1-5-33(41)35-21-27(9-15-43(35)51)28-10-16-44-36(22-28)34-6-2-4-8-42(34)52(44)32-14-20-48-40(26-32)39-24-30(50)12-19-47(39)54-48/h1-26H. The van der Waals surface area contributed by atoms with E-state index in [1.807, 2.05) is 12.1 Å². The molecule has 254 valence electrons. The summed E-state index contributed by atoms with van der Waals surface area (Å²) in [5, 5.41) is 8.32. The van der Waals surface area contributed by atoms with E-state index in [2.05, 4.69) is 124 Å². The van der Waals surface area contributed by atoms with E-state index in [0.717, 1.165) is 91.9 Å². The summed E-state index contributed by atoms with van der Waals surface area (Å²) in [6.07, 6.45) is 0. The first-order valence-electron chi connectivity index (χ1n) is 17.9. The molecule has 54 heavy (non-hydrogen) atoms. The van der Waals surface area contributed by atoms with Gasteiger partial charge in [0.05, 0.1) is 22.1 Å². The van der Waals surface area contributed by atoms with E-state index in [9.17, 15) is 8.78 Å². The molecule has 0 bridgehead atoms. The van der Waals surface area contributed by atoms with Gasteiger partial charge in [0.1, 0.15) is 22.8 Å². The van der Waals surface area contributed by atoms with Gasteiger partial charge in [-0.25, -0.2) is 8.78 Å². The molecule has 0 aliphatic heterocycles. The Morgan fingerprint density at radius 3 is 1.48 bits per heavy atom. The lowest BCUT2D eigenvalue weighted by Crippen LogP contribution is -1.93. The topological polar surface area (TPSA) is 23.0 Å². The van der Waals surface area contributed by atoms with E-state index < -0.39 is 0 Å². The van der Waals surface area contributed by atoms with Crippen LogP contribution in [-0.4, -0.2) is 9.13 Å². The summed E-state index contributed by atoms with van der Waals surface area (Å²) in [6.45, 7) is 0. The van der Waals surface area contributed by atoms with Crippen LogP contribution >= 0.6 is 11.3 Å². The number of aromatic nitrogens is 2. The molecule has 8 aromatic carbocycles. The van der Waals surface area contributed by atoms with Gasteiger partial charge in [-0.05, 0) is 120 Å². The minimum absolute atomic E-state index is 0.220. The molecule has 0 radical (unpaired) electrons. The highest BCUT2D eigenvalue weighted by Gasteiger charge is 2.18. The van der Waals surface area contributed by atoms with Crippen LogP contribution in [0.3, 0.4) is 0 Å². The molecule has 12 rings (SSSR count). The normalized spacial score (nSPS) is 12.3. The Kier molecular flexibility index (Phi) is 6.00. The van der Waals surface area contributed by atoms with Crippen molar-refractivity contribution in [2.45, 2.75) is 0 Å². The third kappa shape index (κ3) is 4.20. The predicted octanol–water partition coefficient (Wildman–Crippen LogP) is 14.1. The van der Waals surface area contributed by atoms with E-state index in [0.29, 0.717) is 5.58 Å². The third-order valence-electron chi connectivity index (χ3n) is 11.0. The van der Waals surface area contributed by atoms with Gasteiger partial charge in [-0.2, -0.15) is 0 Å². The summed E-state index contributed by atoms with van der Waals surface area (Å²) in [5.74, 6) is -0.504. The number of rotatable bonds is 3. The first-order valence-corrected chi connectivity index (χ1v) is 18.7. The summed E-state index contributed by atoms with van der Waals surface area (Å²) in [5.41, 5.74) is 10.1. The highest BCUT2D eigenvalue weighted by Crippen LogP contribution is 2.41. The van der Waals surface area contributed by atoms with Crippen LogP contribution in [0.15, 0.2) is 162 Å². The zero-order chi connectivity index (χ0) is 35.7. The highest BCUT2D eigenvalue weighted by atomic mass is 32.1. The molecule has 0 spiro atoms. The second-order valence-corrected chi connectivity index (χ2v) is 15.1. The summed E-state index contributed by atoms with van der Waals surface area (Å²) in [6, 6.07) is 52.9. The van der Waals surface area contributed by atoms with Crippen LogP contribution < -0.4 is 0 Å². The van der Waals surface area contributed by atoms with Crippen molar-refractivity contribution < 1.29 is 13.2 Å². The Morgan fingerprint density at radius 2 is 0.833 bits per heavy atom. The molecular formula is C48H26F2N2OS. The van der Waals surface area contributed by atoms with Gasteiger partial charge in [0.25, 0.3) is 0 Å². The zero-order valence-electron chi connectivity index (χ0n) is 28.5. The van der Waals surface area contributed by atoms with Crippen LogP contribution in [0.5, 0.6) is 0 Å². The largest absolute Gasteiger partial charge is 0.456 e. The molecule has 4 aromatic heterocycles. The quantitative estimate of drug-likeness (QED) is 0.179. The number of thiophene rings is 1. The van der Waals surface area contributed by atoms with Crippen molar-refractivity contribution >= 4 is 97.1 Å². The van der Waals surface area contributed by atoms with Crippen molar-refractivity contribution in [3.63, 3.8) is 0 Å². The molecule has 0 amide bonds. The van der Waals surface area contributed by atoms with Crippen molar-refractivity contribution in [1.29, 1.82) is 0 Å². The van der Waals surface area contributed by atoms with Gasteiger partial charge in [-0.3, -0.25) is 0 Å². The summed E-state index contributed by atoms with van der Waals surface area (Å²) >= 11 is 1.69. The van der Waals surface area contributed by atoms with Crippen LogP contribution in [0.1, 0.15) is 0 Å². The van der Waals surface area contributed by atoms with Crippen molar-refractivity contribution in [3.8, 4) is 22.5 Å². The Morgan fingerprint density at radius 1 is 0.370 bits per heavy atom. The van der Waals surface area contributed by atoms with Crippen molar-refractivity contribution in [2.24, 2.45) is 0 Å². The molecule has 4 heterocycles. The van der Waals surface area contributed by atoms with E-state index in [-0.39, 0.29) is 11.6 Å². The minimum Gasteiger partial charge on any atom is -0.456 e. The van der Waals surface area contributed by atoms with E-state index in [1.54, 1.807) is 29.5 Å². The number of fused-ring (bicyclic) bond motifs is 12. The number of hydrogen-bond donors (Lipinski definition) is 0. The molecule has 0 N–H and O–H groups in total. The van der Waals surface area contributed by atoms with Gasteiger partial charge in [0, 0.05) is 63.9 Å². The van der Waals surface area contributed by atoms with Gasteiger partial charge in [0.15, 0.2) is 0 Å². The lowest BCUT2D eigenvalue weighted by Gasteiger charge is -2.10. The Balaban J connectivity index is 1.03. The monoisotopic (exact) mass is 716 g/mol. The first-order chi connectivity index (χ1) is 26.6. The molecule has 0 saturated carbocycles. The molecule has 3 nitrogen and oxygen atoms in total. The lowest BCUT2D eigenvalue weighted by molar-refractivity contribution is 0.626. The maximum absolute atomic E-state index is 14.3. The third-order valence-corrected chi connectivity index (χ3v) is 12.2. The highest BCUT2D eigenvalue weighted by molar-refractivity contribution is 7.25. The SMILES string of the molecule is Fc1ccc2oc3ccc(-n4c5ccccc5c5cc(-c6ccc7c(c6)c6ccccc6n7-c6ccc7sc8ccc(F)cc8c7c6)ccc54)cc3c2c1. The fraction of sp³-hybridized carbons (Fsp3) is 0. The summed E-state index contributed by atoms with van der Waals surface area (Å²) < 4.78 is 41.5. The molecule has 6 heteroatoms. The van der Waals surface area contributed by atoms with Gasteiger partial charge in [0.2, 0.25) is 0 Å². The number of hydrogen-bond acceptors (Lipinski definition) is 2. The molecule has 0 aliphatic rings. The van der Waals surface area contributed by atoms with Gasteiger partial charge in [-0.1, -0.05) is 48.5 Å². The van der Waals surface area contributed by atoms with Gasteiger partial charge < -0.3 is 13.6 Å². The number of para-hydroxylation sites is 2. The van der Waals surface area contributed by atoms with Crippen LogP contribution in [0, 0.1) is 11.6 Å². The molecule has 0 aliphatic carbocycles. The second kappa shape index (κ2) is 10.9. The number of nitrogens with zero attached hydrogens (tertiary/aromatic N) is 2. The van der Waals surface area contributed by atoms with Gasteiger partial charge >= 0.3 is 0 Å². The molecular weight excluding hydrogens is 691 g/mol. The Hall–Kier alpha value is -6.76. The second-order valence-electron chi connectivity index (χ2n) is 14.0. The zero-order valence-corrected chi connectivity index (χ0v) is 29.3. The molecule has 0 unspecified atom stereocenters. The summed E-state index contributed by atoms with van der Waals surface area (Å²) in [7, 11) is 0. The minimum atomic E-state index is -0.283. The number of furan rings is 1. The maximum atomic E-state index is 14.3. The van der Waals surface area contributed by atoms with Crippen LogP contribution in [0.25, 0.3) is 108 Å². The molecule has 0 saturated heterocycles.